The third-order valence-corrected chi connectivity index (χ3v) is 3.77. The van der Waals surface area contributed by atoms with Gasteiger partial charge >= 0.3 is 6.16 Å². The number of rotatable bonds is 4. The molecule has 3 heteroatoms. The van der Waals surface area contributed by atoms with Gasteiger partial charge in [0.25, 0.3) is 0 Å². The Kier molecular flexibility index (Phi) is 5.25. The van der Waals surface area contributed by atoms with Gasteiger partial charge in [-0.25, -0.2) is 4.79 Å². The zero-order valence-corrected chi connectivity index (χ0v) is 11.5. The Labute approximate surface area is 114 Å². The van der Waals surface area contributed by atoms with Crippen LogP contribution < -0.4 is 0 Å². The molecule has 1 fully saturated rings. The average Bonchev–Trinajstić information content (AvgIpc) is 2.45. The molecular formula is C16H22O3. The number of carbonyl (C=O) groups excluding carboxylic acids is 1. The molecule has 1 aromatic carbocycles. The molecule has 1 aliphatic rings. The minimum absolute atomic E-state index is 0.279. The van der Waals surface area contributed by atoms with Gasteiger partial charge in [0.1, 0.15) is 6.61 Å². The zero-order chi connectivity index (χ0) is 13.5. The van der Waals surface area contributed by atoms with Gasteiger partial charge in [-0.15, -0.1) is 0 Å². The van der Waals surface area contributed by atoms with Crippen molar-refractivity contribution in [1.82, 2.24) is 0 Å². The van der Waals surface area contributed by atoms with E-state index in [-0.39, 0.29) is 6.61 Å². The van der Waals surface area contributed by atoms with Crippen LogP contribution in [0.25, 0.3) is 0 Å². The third-order valence-electron chi connectivity index (χ3n) is 3.77. The minimum Gasteiger partial charge on any atom is -0.434 e. The number of benzene rings is 1. The second kappa shape index (κ2) is 7.17. The van der Waals surface area contributed by atoms with E-state index in [1.807, 2.05) is 30.3 Å². The Morgan fingerprint density at radius 2 is 1.79 bits per heavy atom. The summed E-state index contributed by atoms with van der Waals surface area (Å²) in [4.78, 5) is 11.5. The van der Waals surface area contributed by atoms with Crippen molar-refractivity contribution in [2.45, 2.75) is 39.2 Å². The highest BCUT2D eigenvalue weighted by molar-refractivity contribution is 5.59. The SMILES string of the molecule is CC1CCC(COC(=O)OCc2ccccc2)CC1. The lowest BCUT2D eigenvalue weighted by molar-refractivity contribution is 0.0333. The summed E-state index contributed by atoms with van der Waals surface area (Å²) in [5.41, 5.74) is 0.978. The summed E-state index contributed by atoms with van der Waals surface area (Å²) >= 11 is 0. The largest absolute Gasteiger partial charge is 0.508 e. The number of hydrogen-bond donors (Lipinski definition) is 0. The maximum absolute atomic E-state index is 11.5. The van der Waals surface area contributed by atoms with E-state index in [0.29, 0.717) is 12.5 Å². The van der Waals surface area contributed by atoms with Crippen LogP contribution in [0.5, 0.6) is 0 Å². The van der Waals surface area contributed by atoms with Crippen molar-refractivity contribution in [2.24, 2.45) is 11.8 Å². The molecule has 0 N–H and O–H groups in total. The molecule has 1 aliphatic carbocycles. The van der Waals surface area contributed by atoms with E-state index in [1.165, 1.54) is 12.8 Å². The topological polar surface area (TPSA) is 35.5 Å². The van der Waals surface area contributed by atoms with Crippen LogP contribution in [0.2, 0.25) is 0 Å². The van der Waals surface area contributed by atoms with E-state index in [1.54, 1.807) is 0 Å². The molecule has 2 rings (SSSR count). The summed E-state index contributed by atoms with van der Waals surface area (Å²) < 4.78 is 10.3. The van der Waals surface area contributed by atoms with E-state index >= 15 is 0 Å². The fourth-order valence-corrected chi connectivity index (χ4v) is 2.44. The molecular weight excluding hydrogens is 240 g/mol. The van der Waals surface area contributed by atoms with Gasteiger partial charge in [0.05, 0.1) is 6.61 Å². The van der Waals surface area contributed by atoms with Crippen molar-refractivity contribution in [1.29, 1.82) is 0 Å². The summed E-state index contributed by atoms with van der Waals surface area (Å²) in [6.07, 6.45) is 4.25. The minimum atomic E-state index is -0.553. The fraction of sp³-hybridized carbons (Fsp3) is 0.562. The van der Waals surface area contributed by atoms with Gasteiger partial charge in [0, 0.05) is 0 Å². The van der Waals surface area contributed by atoms with Crippen molar-refractivity contribution in [2.75, 3.05) is 6.61 Å². The van der Waals surface area contributed by atoms with E-state index in [9.17, 15) is 4.79 Å². The lowest BCUT2D eigenvalue weighted by Crippen LogP contribution is -2.19. The third kappa shape index (κ3) is 4.93. The van der Waals surface area contributed by atoms with E-state index < -0.39 is 6.16 Å². The molecule has 0 unspecified atom stereocenters. The van der Waals surface area contributed by atoms with Crippen LogP contribution >= 0.6 is 0 Å². The number of carbonyl (C=O) groups is 1. The van der Waals surface area contributed by atoms with Crippen molar-refractivity contribution >= 4 is 6.16 Å². The molecule has 1 saturated carbocycles. The maximum Gasteiger partial charge on any atom is 0.508 e. The molecule has 19 heavy (non-hydrogen) atoms. The van der Waals surface area contributed by atoms with Gasteiger partial charge in [0.2, 0.25) is 0 Å². The molecule has 0 aliphatic heterocycles. The van der Waals surface area contributed by atoms with E-state index in [4.69, 9.17) is 9.47 Å². The summed E-state index contributed by atoms with van der Waals surface area (Å²) in [5.74, 6) is 1.33. The maximum atomic E-state index is 11.5. The summed E-state index contributed by atoms with van der Waals surface area (Å²) in [6.45, 7) is 3.06. The van der Waals surface area contributed by atoms with Crippen molar-refractivity contribution in [3.8, 4) is 0 Å². The van der Waals surface area contributed by atoms with Crippen LogP contribution in [0.1, 0.15) is 38.2 Å². The predicted molar refractivity (Wildman–Crippen MR) is 73.7 cm³/mol. The Hall–Kier alpha value is -1.51. The second-order valence-corrected chi connectivity index (χ2v) is 5.46. The quantitative estimate of drug-likeness (QED) is 0.764. The first kappa shape index (κ1) is 13.9. The summed E-state index contributed by atoms with van der Waals surface area (Å²) in [7, 11) is 0. The van der Waals surface area contributed by atoms with Gasteiger partial charge in [-0.1, -0.05) is 50.1 Å². The molecule has 1 aromatic rings. The van der Waals surface area contributed by atoms with Crippen LogP contribution in [0.3, 0.4) is 0 Å². The number of ether oxygens (including phenoxy) is 2. The van der Waals surface area contributed by atoms with Gasteiger partial charge in [0.15, 0.2) is 0 Å². The Morgan fingerprint density at radius 1 is 1.11 bits per heavy atom. The second-order valence-electron chi connectivity index (χ2n) is 5.46. The van der Waals surface area contributed by atoms with Gasteiger partial charge in [-0.2, -0.15) is 0 Å². The zero-order valence-electron chi connectivity index (χ0n) is 11.5. The van der Waals surface area contributed by atoms with Gasteiger partial charge < -0.3 is 9.47 Å². The lowest BCUT2D eigenvalue weighted by Gasteiger charge is -2.25. The molecule has 104 valence electrons. The first-order valence-corrected chi connectivity index (χ1v) is 7.07. The predicted octanol–water partition coefficient (Wildman–Crippen LogP) is 4.17. The highest BCUT2D eigenvalue weighted by Gasteiger charge is 2.19. The Morgan fingerprint density at radius 3 is 2.47 bits per heavy atom. The Bertz CT molecular complexity index is 380. The van der Waals surface area contributed by atoms with Crippen LogP contribution in [-0.4, -0.2) is 12.8 Å². The molecule has 0 amide bonds. The molecule has 3 nitrogen and oxygen atoms in total. The van der Waals surface area contributed by atoms with Crippen LogP contribution in [0.15, 0.2) is 30.3 Å². The van der Waals surface area contributed by atoms with Crippen LogP contribution in [0, 0.1) is 11.8 Å². The highest BCUT2D eigenvalue weighted by atomic mass is 16.7. The lowest BCUT2D eigenvalue weighted by atomic mass is 9.83. The van der Waals surface area contributed by atoms with Crippen molar-refractivity contribution in [3.05, 3.63) is 35.9 Å². The fourth-order valence-electron chi connectivity index (χ4n) is 2.44. The van der Waals surface area contributed by atoms with E-state index in [0.717, 1.165) is 24.3 Å². The van der Waals surface area contributed by atoms with Crippen LogP contribution in [-0.2, 0) is 16.1 Å². The first-order valence-electron chi connectivity index (χ1n) is 7.07. The van der Waals surface area contributed by atoms with Crippen molar-refractivity contribution < 1.29 is 14.3 Å². The van der Waals surface area contributed by atoms with Crippen molar-refractivity contribution in [3.63, 3.8) is 0 Å². The molecule has 0 spiro atoms. The monoisotopic (exact) mass is 262 g/mol. The highest BCUT2D eigenvalue weighted by Crippen LogP contribution is 2.28. The molecule has 0 saturated heterocycles. The molecule has 0 aromatic heterocycles. The standard InChI is InChI=1S/C16H22O3/c1-13-7-9-15(10-8-13)12-19-16(17)18-11-14-5-3-2-4-6-14/h2-6,13,15H,7-12H2,1H3. The first-order chi connectivity index (χ1) is 9.24. The molecule has 0 bridgehead atoms. The normalized spacial score (nSPS) is 22.8. The summed E-state index contributed by atoms with van der Waals surface area (Å²) in [6, 6.07) is 9.64. The smallest absolute Gasteiger partial charge is 0.434 e. The Balaban J connectivity index is 1.62. The molecule has 0 atom stereocenters. The van der Waals surface area contributed by atoms with Gasteiger partial charge in [-0.3, -0.25) is 0 Å². The van der Waals surface area contributed by atoms with Crippen LogP contribution in [0.4, 0.5) is 4.79 Å². The van der Waals surface area contributed by atoms with E-state index in [2.05, 4.69) is 6.92 Å². The molecule has 0 heterocycles. The van der Waals surface area contributed by atoms with Gasteiger partial charge in [-0.05, 0) is 30.2 Å². The number of hydrogen-bond acceptors (Lipinski definition) is 3. The summed E-state index contributed by atoms with van der Waals surface area (Å²) in [5, 5.41) is 0. The average molecular weight is 262 g/mol. The molecule has 0 radical (unpaired) electrons.